The van der Waals surface area contributed by atoms with Crippen molar-refractivity contribution in [3.8, 4) is 17.2 Å². The highest BCUT2D eigenvalue weighted by molar-refractivity contribution is 7.89. The van der Waals surface area contributed by atoms with Gasteiger partial charge in [-0.05, 0) is 42.5 Å². The smallest absolute Gasteiger partial charge is 0.258 e. The summed E-state index contributed by atoms with van der Waals surface area (Å²) in [5, 5.41) is 2.59. The zero-order valence-electron chi connectivity index (χ0n) is 18.5. The summed E-state index contributed by atoms with van der Waals surface area (Å²) >= 11 is 0. The van der Waals surface area contributed by atoms with Gasteiger partial charge in [0, 0.05) is 19.2 Å². The molecule has 0 aliphatic rings. The molecule has 0 bridgehead atoms. The molecule has 0 saturated carbocycles. The van der Waals surface area contributed by atoms with Crippen LogP contribution in [0.2, 0.25) is 0 Å². The molecule has 9 heteroatoms. The number of halogens is 1. The van der Waals surface area contributed by atoms with Crippen molar-refractivity contribution in [1.29, 1.82) is 0 Å². The zero-order valence-corrected chi connectivity index (χ0v) is 19.4. The number of nitrogens with one attached hydrogen (secondary N) is 1. The number of amides is 1. The molecule has 3 aromatic rings. The molecular weight excluding hydrogens is 447 g/mol. The molecule has 1 amide bonds. The monoisotopic (exact) mass is 472 g/mol. The first kappa shape index (κ1) is 24.2. The molecule has 0 spiro atoms. The van der Waals surface area contributed by atoms with E-state index < -0.39 is 21.7 Å². The van der Waals surface area contributed by atoms with E-state index in [1.54, 1.807) is 38.1 Å². The Bertz CT molecular complexity index is 1230. The van der Waals surface area contributed by atoms with Crippen LogP contribution < -0.4 is 14.8 Å². The number of carbonyl (C=O) groups excluding carboxylic acids is 1. The molecule has 0 radical (unpaired) electrons. The first-order valence-electron chi connectivity index (χ1n) is 10.3. The van der Waals surface area contributed by atoms with Crippen LogP contribution in [-0.4, -0.2) is 38.8 Å². The number of hydrogen-bond donors (Lipinski definition) is 1. The van der Waals surface area contributed by atoms with Gasteiger partial charge in [0.05, 0.1) is 23.3 Å². The van der Waals surface area contributed by atoms with Gasteiger partial charge in [-0.1, -0.05) is 32.0 Å². The average molecular weight is 473 g/mol. The molecule has 1 N–H and O–H groups in total. The van der Waals surface area contributed by atoms with E-state index in [0.717, 1.165) is 6.07 Å². The van der Waals surface area contributed by atoms with Gasteiger partial charge >= 0.3 is 0 Å². The Labute approximate surface area is 192 Å². The highest BCUT2D eigenvalue weighted by Crippen LogP contribution is 2.33. The molecule has 0 aliphatic carbocycles. The maximum Gasteiger partial charge on any atom is 0.258 e. The van der Waals surface area contributed by atoms with Gasteiger partial charge in [0.1, 0.15) is 17.3 Å². The fourth-order valence-electron chi connectivity index (χ4n) is 3.18. The number of benzene rings is 3. The van der Waals surface area contributed by atoms with Gasteiger partial charge in [0.2, 0.25) is 10.0 Å². The molecular formula is C24H25FN2O5S. The zero-order chi connectivity index (χ0) is 24.0. The number of rotatable bonds is 9. The number of nitrogens with zero attached hydrogens (tertiary/aromatic N) is 1. The van der Waals surface area contributed by atoms with Gasteiger partial charge in [0.15, 0.2) is 5.75 Å². The molecule has 0 heterocycles. The van der Waals surface area contributed by atoms with Gasteiger partial charge in [0.25, 0.3) is 5.91 Å². The van der Waals surface area contributed by atoms with Crippen LogP contribution in [0.15, 0.2) is 71.6 Å². The maximum atomic E-state index is 14.4. The second-order valence-electron chi connectivity index (χ2n) is 6.96. The van der Waals surface area contributed by atoms with Crippen LogP contribution in [0.4, 0.5) is 10.1 Å². The lowest BCUT2D eigenvalue weighted by Gasteiger charge is -2.20. The number of para-hydroxylation sites is 1. The molecule has 0 atom stereocenters. The van der Waals surface area contributed by atoms with Gasteiger partial charge in [-0.3, -0.25) is 4.79 Å². The third-order valence-corrected chi connectivity index (χ3v) is 6.98. The number of hydrogen-bond acceptors (Lipinski definition) is 5. The summed E-state index contributed by atoms with van der Waals surface area (Å²) in [7, 11) is -2.40. The Morgan fingerprint density at radius 1 is 0.970 bits per heavy atom. The Hall–Kier alpha value is -3.43. The quantitative estimate of drug-likeness (QED) is 0.478. The van der Waals surface area contributed by atoms with Crippen molar-refractivity contribution in [2.75, 3.05) is 25.5 Å². The first-order chi connectivity index (χ1) is 15.8. The molecule has 174 valence electrons. The molecule has 0 unspecified atom stereocenters. The Morgan fingerprint density at radius 3 is 2.27 bits per heavy atom. The molecule has 3 aromatic carbocycles. The number of methoxy groups -OCH3 is 1. The van der Waals surface area contributed by atoms with E-state index in [-0.39, 0.29) is 27.6 Å². The maximum absolute atomic E-state index is 14.4. The van der Waals surface area contributed by atoms with Crippen molar-refractivity contribution in [2.45, 2.75) is 18.7 Å². The van der Waals surface area contributed by atoms with Crippen molar-refractivity contribution < 1.29 is 27.1 Å². The lowest BCUT2D eigenvalue weighted by molar-refractivity contribution is 0.102. The Morgan fingerprint density at radius 2 is 1.67 bits per heavy atom. The topological polar surface area (TPSA) is 84.9 Å². The summed E-state index contributed by atoms with van der Waals surface area (Å²) < 4.78 is 52.5. The normalized spacial score (nSPS) is 11.3. The van der Waals surface area contributed by atoms with E-state index >= 15 is 0 Å². The molecule has 0 saturated heterocycles. The predicted octanol–water partition coefficient (Wildman–Crippen LogP) is 4.91. The van der Waals surface area contributed by atoms with Crippen molar-refractivity contribution in [3.05, 3.63) is 78.1 Å². The summed E-state index contributed by atoms with van der Waals surface area (Å²) in [4.78, 5) is 12.8. The van der Waals surface area contributed by atoms with E-state index in [4.69, 9.17) is 9.47 Å². The fourth-order valence-corrected chi connectivity index (χ4v) is 4.67. The summed E-state index contributed by atoms with van der Waals surface area (Å²) in [5.74, 6) is -0.566. The standard InChI is InChI=1S/C24H25FN2O5S/c1-4-27(5-2)33(29,30)19-12-14-23(32-17-9-7-6-8-10-17)22(16-19)26-24(28)20-13-11-18(31-3)15-21(20)25/h6-16H,4-5H2,1-3H3,(H,26,28). The minimum absolute atomic E-state index is 0.0166. The Kier molecular flexibility index (Phi) is 7.67. The van der Waals surface area contributed by atoms with Crippen molar-refractivity contribution >= 4 is 21.6 Å². The number of anilines is 1. The predicted molar refractivity (Wildman–Crippen MR) is 124 cm³/mol. The molecule has 33 heavy (non-hydrogen) atoms. The minimum atomic E-state index is -3.80. The minimum Gasteiger partial charge on any atom is -0.497 e. The average Bonchev–Trinajstić information content (AvgIpc) is 2.81. The number of ether oxygens (including phenoxy) is 2. The van der Waals surface area contributed by atoms with Crippen LogP contribution in [-0.2, 0) is 10.0 Å². The van der Waals surface area contributed by atoms with Gasteiger partial charge in [-0.2, -0.15) is 4.31 Å². The largest absolute Gasteiger partial charge is 0.497 e. The summed E-state index contributed by atoms with van der Waals surface area (Å²) in [6.07, 6.45) is 0. The fraction of sp³-hybridized carbons (Fsp3) is 0.208. The van der Waals surface area contributed by atoms with E-state index in [1.807, 2.05) is 6.07 Å². The first-order valence-corrected chi connectivity index (χ1v) is 11.8. The lowest BCUT2D eigenvalue weighted by atomic mass is 10.1. The summed E-state index contributed by atoms with van der Waals surface area (Å²) in [5.41, 5.74) is -0.134. The molecule has 0 aromatic heterocycles. The number of sulfonamides is 1. The van der Waals surface area contributed by atoms with E-state index in [1.165, 1.54) is 41.7 Å². The second kappa shape index (κ2) is 10.5. The van der Waals surface area contributed by atoms with Crippen LogP contribution in [0.5, 0.6) is 17.2 Å². The SMILES string of the molecule is CCN(CC)S(=O)(=O)c1ccc(Oc2ccccc2)c(NC(=O)c2ccc(OC)cc2F)c1. The van der Waals surface area contributed by atoms with Crippen LogP contribution in [0.25, 0.3) is 0 Å². The van der Waals surface area contributed by atoms with E-state index in [2.05, 4.69) is 5.32 Å². The second-order valence-corrected chi connectivity index (χ2v) is 8.90. The van der Waals surface area contributed by atoms with Crippen molar-refractivity contribution in [1.82, 2.24) is 4.31 Å². The van der Waals surface area contributed by atoms with Gasteiger partial charge in [-0.25, -0.2) is 12.8 Å². The summed E-state index contributed by atoms with van der Waals surface area (Å²) in [6, 6.07) is 16.8. The van der Waals surface area contributed by atoms with Crippen LogP contribution in [0.1, 0.15) is 24.2 Å². The molecule has 3 rings (SSSR count). The van der Waals surface area contributed by atoms with Crippen LogP contribution >= 0.6 is 0 Å². The molecule has 0 aliphatic heterocycles. The highest BCUT2D eigenvalue weighted by Gasteiger charge is 2.24. The van der Waals surface area contributed by atoms with E-state index in [9.17, 15) is 17.6 Å². The third kappa shape index (κ3) is 5.50. The molecule has 7 nitrogen and oxygen atoms in total. The number of carbonyl (C=O) groups is 1. The highest BCUT2D eigenvalue weighted by atomic mass is 32.2. The van der Waals surface area contributed by atoms with Crippen LogP contribution in [0.3, 0.4) is 0 Å². The van der Waals surface area contributed by atoms with E-state index in [0.29, 0.717) is 18.8 Å². The van der Waals surface area contributed by atoms with Gasteiger partial charge < -0.3 is 14.8 Å². The van der Waals surface area contributed by atoms with Crippen molar-refractivity contribution in [2.24, 2.45) is 0 Å². The lowest BCUT2D eigenvalue weighted by Crippen LogP contribution is -2.30. The van der Waals surface area contributed by atoms with Crippen molar-refractivity contribution in [3.63, 3.8) is 0 Å². The van der Waals surface area contributed by atoms with Gasteiger partial charge in [-0.15, -0.1) is 0 Å². The van der Waals surface area contributed by atoms with Crippen LogP contribution in [0, 0.1) is 5.82 Å². The third-order valence-electron chi connectivity index (χ3n) is 4.93. The Balaban J connectivity index is 2.02. The molecule has 0 fully saturated rings. The summed E-state index contributed by atoms with van der Waals surface area (Å²) in [6.45, 7) is 4.06.